The van der Waals surface area contributed by atoms with E-state index >= 15 is 0 Å². The van der Waals surface area contributed by atoms with Crippen LogP contribution in [0.5, 0.6) is 0 Å². The first kappa shape index (κ1) is 15.8. The van der Waals surface area contributed by atoms with Gasteiger partial charge in [0.15, 0.2) is 0 Å². The van der Waals surface area contributed by atoms with E-state index in [1.54, 1.807) is 0 Å². The van der Waals surface area contributed by atoms with E-state index in [2.05, 4.69) is 58.2 Å². The normalized spacial score (nSPS) is 19.9. The predicted molar refractivity (Wildman–Crippen MR) is 91.4 cm³/mol. The van der Waals surface area contributed by atoms with Gasteiger partial charge in [0, 0.05) is 29.3 Å². The zero-order valence-corrected chi connectivity index (χ0v) is 14.4. The van der Waals surface area contributed by atoms with Gasteiger partial charge in [-0.1, -0.05) is 41.8 Å². The quantitative estimate of drug-likeness (QED) is 0.781. The summed E-state index contributed by atoms with van der Waals surface area (Å²) < 4.78 is 1.23. The lowest BCUT2D eigenvalue weighted by Crippen LogP contribution is -2.32. The van der Waals surface area contributed by atoms with Crippen LogP contribution < -0.4 is 10.2 Å². The van der Waals surface area contributed by atoms with Gasteiger partial charge in [-0.15, -0.1) is 0 Å². The maximum atomic E-state index is 3.74. The lowest BCUT2D eigenvalue weighted by atomic mass is 10.1. The van der Waals surface area contributed by atoms with Crippen LogP contribution in [0.25, 0.3) is 0 Å². The van der Waals surface area contributed by atoms with E-state index in [1.165, 1.54) is 54.4 Å². The van der Waals surface area contributed by atoms with Gasteiger partial charge in [-0.05, 0) is 50.4 Å². The maximum Gasteiger partial charge on any atom is 0.0380 e. The molecule has 0 amide bonds. The molecule has 1 saturated heterocycles. The monoisotopic (exact) mass is 338 g/mol. The third-order valence-electron chi connectivity index (χ3n) is 4.16. The van der Waals surface area contributed by atoms with E-state index in [1.807, 2.05) is 0 Å². The number of halogens is 1. The Morgan fingerprint density at radius 1 is 1.30 bits per heavy atom. The second-order valence-corrected chi connectivity index (χ2v) is 6.70. The number of benzene rings is 1. The molecule has 1 atom stereocenters. The van der Waals surface area contributed by atoms with Crippen molar-refractivity contribution >= 4 is 21.6 Å². The molecule has 0 aromatic heterocycles. The summed E-state index contributed by atoms with van der Waals surface area (Å²) in [5.74, 6) is 0. The van der Waals surface area contributed by atoms with E-state index in [0.29, 0.717) is 6.04 Å². The van der Waals surface area contributed by atoms with Gasteiger partial charge in [0.1, 0.15) is 0 Å². The largest absolute Gasteiger partial charge is 0.369 e. The molecule has 2 nitrogen and oxygen atoms in total. The number of hydrogen-bond donors (Lipinski definition) is 1. The molecule has 20 heavy (non-hydrogen) atoms. The number of hydrogen-bond acceptors (Lipinski definition) is 2. The fourth-order valence-corrected chi connectivity index (χ4v) is 3.42. The first-order chi connectivity index (χ1) is 9.72. The van der Waals surface area contributed by atoms with Gasteiger partial charge in [-0.2, -0.15) is 0 Å². The molecule has 1 fully saturated rings. The summed E-state index contributed by atoms with van der Waals surface area (Å²) in [6, 6.07) is 7.51. The highest BCUT2D eigenvalue weighted by atomic mass is 79.9. The van der Waals surface area contributed by atoms with Crippen molar-refractivity contribution in [2.24, 2.45) is 0 Å². The van der Waals surface area contributed by atoms with E-state index in [0.717, 1.165) is 13.1 Å². The summed E-state index contributed by atoms with van der Waals surface area (Å²) in [6.07, 6.45) is 6.57. The highest BCUT2D eigenvalue weighted by Gasteiger charge is 2.17. The summed E-state index contributed by atoms with van der Waals surface area (Å²) in [7, 11) is 0. The van der Waals surface area contributed by atoms with E-state index in [-0.39, 0.29) is 0 Å². The van der Waals surface area contributed by atoms with Gasteiger partial charge in [-0.3, -0.25) is 0 Å². The minimum Gasteiger partial charge on any atom is -0.369 e. The zero-order valence-electron chi connectivity index (χ0n) is 12.8. The molecule has 0 aliphatic carbocycles. The van der Waals surface area contributed by atoms with Gasteiger partial charge >= 0.3 is 0 Å². The number of anilines is 1. The Bertz CT molecular complexity index is 419. The third kappa shape index (κ3) is 4.23. The molecule has 1 aliphatic heterocycles. The second kappa shape index (κ2) is 8.04. The van der Waals surface area contributed by atoms with Crippen LogP contribution in [-0.2, 0) is 6.54 Å². The van der Waals surface area contributed by atoms with E-state index in [9.17, 15) is 0 Å². The molecule has 1 aromatic carbocycles. The van der Waals surface area contributed by atoms with Crippen LogP contribution in [-0.4, -0.2) is 19.1 Å². The average Bonchev–Trinajstić information content (AvgIpc) is 2.65. The lowest BCUT2D eigenvalue weighted by molar-refractivity contribution is 0.616. The summed E-state index contributed by atoms with van der Waals surface area (Å²) in [5.41, 5.74) is 2.72. The van der Waals surface area contributed by atoms with Crippen LogP contribution in [0, 0.1) is 0 Å². The van der Waals surface area contributed by atoms with Crippen LogP contribution in [0.15, 0.2) is 22.7 Å². The highest BCUT2D eigenvalue weighted by Crippen LogP contribution is 2.28. The molecule has 2 rings (SSSR count). The van der Waals surface area contributed by atoms with Gasteiger partial charge < -0.3 is 10.2 Å². The zero-order chi connectivity index (χ0) is 14.4. The Morgan fingerprint density at radius 2 is 2.15 bits per heavy atom. The average molecular weight is 339 g/mol. The van der Waals surface area contributed by atoms with Crippen LogP contribution in [0.2, 0.25) is 0 Å². The van der Waals surface area contributed by atoms with E-state index < -0.39 is 0 Å². The number of nitrogens with zero attached hydrogens (tertiary/aromatic N) is 1. The SMILES string of the molecule is CCCNCc1ccc(N2CCCCCC2C)cc1Br. The maximum absolute atomic E-state index is 3.74. The molecule has 3 heteroatoms. The summed E-state index contributed by atoms with van der Waals surface area (Å²) in [6.45, 7) is 7.78. The molecular weight excluding hydrogens is 312 g/mol. The van der Waals surface area contributed by atoms with Crippen molar-refractivity contribution in [3.8, 4) is 0 Å². The van der Waals surface area contributed by atoms with Crippen LogP contribution in [0.1, 0.15) is 51.5 Å². The Labute approximate surface area is 132 Å². The van der Waals surface area contributed by atoms with Crippen molar-refractivity contribution in [3.05, 3.63) is 28.2 Å². The Hall–Kier alpha value is -0.540. The predicted octanol–water partition coefficient (Wildman–Crippen LogP) is 4.72. The molecule has 0 bridgehead atoms. The third-order valence-corrected chi connectivity index (χ3v) is 4.90. The van der Waals surface area contributed by atoms with Gasteiger partial charge in [0.25, 0.3) is 0 Å². The van der Waals surface area contributed by atoms with Crippen molar-refractivity contribution in [2.75, 3.05) is 18.0 Å². The molecule has 0 saturated carbocycles. The first-order valence-corrected chi connectivity index (χ1v) is 8.77. The number of rotatable bonds is 5. The molecule has 0 spiro atoms. The Morgan fingerprint density at radius 3 is 2.90 bits per heavy atom. The van der Waals surface area contributed by atoms with Crippen LogP contribution >= 0.6 is 15.9 Å². The van der Waals surface area contributed by atoms with Crippen molar-refractivity contribution in [1.29, 1.82) is 0 Å². The molecule has 0 radical (unpaired) electrons. The molecular formula is C17H27BrN2. The van der Waals surface area contributed by atoms with Crippen molar-refractivity contribution in [3.63, 3.8) is 0 Å². The number of nitrogens with one attached hydrogen (secondary N) is 1. The molecule has 1 aromatic rings. The van der Waals surface area contributed by atoms with Crippen LogP contribution in [0.3, 0.4) is 0 Å². The fourth-order valence-electron chi connectivity index (χ4n) is 2.92. The summed E-state index contributed by atoms with van der Waals surface area (Å²) in [5, 5.41) is 3.47. The van der Waals surface area contributed by atoms with Crippen LogP contribution in [0.4, 0.5) is 5.69 Å². The van der Waals surface area contributed by atoms with Gasteiger partial charge in [-0.25, -0.2) is 0 Å². The first-order valence-electron chi connectivity index (χ1n) is 7.98. The van der Waals surface area contributed by atoms with Crippen molar-refractivity contribution in [2.45, 2.75) is 58.5 Å². The van der Waals surface area contributed by atoms with Gasteiger partial charge in [0.2, 0.25) is 0 Å². The van der Waals surface area contributed by atoms with E-state index in [4.69, 9.17) is 0 Å². The molecule has 1 heterocycles. The Kier molecular flexibility index (Phi) is 6.37. The van der Waals surface area contributed by atoms with Gasteiger partial charge in [0.05, 0.1) is 0 Å². The molecule has 1 N–H and O–H groups in total. The Balaban J connectivity index is 2.07. The minimum atomic E-state index is 0.661. The summed E-state index contributed by atoms with van der Waals surface area (Å²) in [4.78, 5) is 2.57. The summed E-state index contributed by atoms with van der Waals surface area (Å²) >= 11 is 3.74. The van der Waals surface area contributed by atoms with Crippen molar-refractivity contribution in [1.82, 2.24) is 5.32 Å². The molecule has 112 valence electrons. The minimum absolute atomic E-state index is 0.661. The smallest absolute Gasteiger partial charge is 0.0380 e. The standard InChI is InChI=1S/C17H27BrN2/c1-3-10-19-13-15-8-9-16(12-17(15)18)20-11-6-4-5-7-14(20)2/h8-9,12,14,19H,3-7,10-11,13H2,1-2H3. The molecule has 1 aliphatic rings. The van der Waals surface area contributed by atoms with Crippen molar-refractivity contribution < 1.29 is 0 Å². The molecule has 1 unspecified atom stereocenters. The second-order valence-electron chi connectivity index (χ2n) is 5.84. The lowest BCUT2D eigenvalue weighted by Gasteiger charge is -2.30. The topological polar surface area (TPSA) is 15.3 Å². The highest BCUT2D eigenvalue weighted by molar-refractivity contribution is 9.10. The fraction of sp³-hybridized carbons (Fsp3) is 0.647.